The van der Waals surface area contributed by atoms with E-state index in [-0.39, 0.29) is 26.1 Å². The maximum absolute atomic E-state index is 12.9. The van der Waals surface area contributed by atoms with Crippen molar-refractivity contribution in [2.75, 3.05) is 26.7 Å². The second-order valence-corrected chi connectivity index (χ2v) is 8.02. The summed E-state index contributed by atoms with van der Waals surface area (Å²) in [5.41, 5.74) is 0.917. The van der Waals surface area contributed by atoms with Crippen LogP contribution in [0, 0.1) is 6.92 Å². The zero-order valence-electron chi connectivity index (χ0n) is 19.1. The topological polar surface area (TPSA) is 114 Å². The van der Waals surface area contributed by atoms with E-state index in [0.29, 0.717) is 5.56 Å². The van der Waals surface area contributed by atoms with Crippen molar-refractivity contribution in [3.8, 4) is 0 Å². The molecule has 3 amide bonds. The predicted octanol–water partition coefficient (Wildman–Crippen LogP) is 2.09. The minimum atomic E-state index is -0.935. The molecule has 0 spiro atoms. The number of amides is 3. The minimum Gasteiger partial charge on any atom is -0.466 e. The van der Waals surface area contributed by atoms with Crippen LogP contribution in [-0.4, -0.2) is 61.1 Å². The van der Waals surface area contributed by atoms with E-state index in [9.17, 15) is 19.2 Å². The fraction of sp³-hybridized carbons (Fsp3) is 0.545. The van der Waals surface area contributed by atoms with Crippen molar-refractivity contribution in [3.05, 3.63) is 35.4 Å². The molecule has 9 heteroatoms. The Hall–Kier alpha value is -3.10. The molecule has 0 aliphatic carbocycles. The van der Waals surface area contributed by atoms with Crippen LogP contribution in [0.2, 0.25) is 0 Å². The first-order valence-electron chi connectivity index (χ1n) is 10.2. The third-order valence-corrected chi connectivity index (χ3v) is 4.14. The van der Waals surface area contributed by atoms with Gasteiger partial charge in [0.1, 0.15) is 18.2 Å². The fourth-order valence-electron chi connectivity index (χ4n) is 2.65. The first-order valence-corrected chi connectivity index (χ1v) is 10.2. The van der Waals surface area contributed by atoms with Crippen LogP contribution < -0.4 is 10.6 Å². The number of aryl methyl sites for hydroxylation is 1. The Labute approximate surface area is 183 Å². The number of carbonyl (C=O) groups is 4. The molecule has 172 valence electrons. The van der Waals surface area contributed by atoms with Gasteiger partial charge >= 0.3 is 12.1 Å². The number of alkyl carbamates (subject to hydrolysis) is 1. The number of hydrogen-bond acceptors (Lipinski definition) is 6. The predicted molar refractivity (Wildman–Crippen MR) is 115 cm³/mol. The minimum absolute atomic E-state index is 0.0259. The van der Waals surface area contributed by atoms with E-state index in [1.165, 1.54) is 11.9 Å². The summed E-state index contributed by atoms with van der Waals surface area (Å²) in [6, 6.07) is 6.26. The molecular formula is C22H33N3O6. The zero-order valence-corrected chi connectivity index (χ0v) is 19.1. The highest BCUT2D eigenvalue weighted by Gasteiger charge is 2.29. The van der Waals surface area contributed by atoms with Gasteiger partial charge < -0.3 is 25.0 Å². The second-order valence-electron chi connectivity index (χ2n) is 8.02. The van der Waals surface area contributed by atoms with Crippen molar-refractivity contribution in [1.82, 2.24) is 15.5 Å². The molecule has 1 rings (SSSR count). The van der Waals surface area contributed by atoms with E-state index in [4.69, 9.17) is 9.47 Å². The third-order valence-electron chi connectivity index (χ3n) is 4.14. The molecule has 0 saturated carbocycles. The molecular weight excluding hydrogens is 402 g/mol. The van der Waals surface area contributed by atoms with Crippen LogP contribution in [0.3, 0.4) is 0 Å². The summed E-state index contributed by atoms with van der Waals surface area (Å²) in [4.78, 5) is 50.1. The van der Waals surface area contributed by atoms with Gasteiger partial charge in [-0.15, -0.1) is 0 Å². The summed E-state index contributed by atoms with van der Waals surface area (Å²) >= 11 is 0. The maximum atomic E-state index is 12.9. The highest BCUT2D eigenvalue weighted by molar-refractivity contribution is 5.90. The molecule has 0 heterocycles. The number of nitrogens with zero attached hydrogens (tertiary/aromatic N) is 1. The SMILES string of the molecule is CCOC(=O)CCNC(=O)C(c1ccc(C)cc1)N(C)C(=O)CNC(=O)OC(C)(C)C. The highest BCUT2D eigenvalue weighted by Crippen LogP contribution is 2.20. The largest absolute Gasteiger partial charge is 0.466 e. The molecule has 1 unspecified atom stereocenters. The van der Waals surface area contributed by atoms with Crippen LogP contribution in [0.1, 0.15) is 51.3 Å². The van der Waals surface area contributed by atoms with E-state index in [2.05, 4.69) is 10.6 Å². The van der Waals surface area contributed by atoms with Crippen LogP contribution in [0.5, 0.6) is 0 Å². The number of likely N-dealkylation sites (N-methyl/N-ethyl adjacent to an activating group) is 1. The summed E-state index contributed by atoms with van der Waals surface area (Å²) in [5, 5.41) is 5.07. The zero-order chi connectivity index (χ0) is 23.6. The van der Waals surface area contributed by atoms with Gasteiger partial charge in [-0.25, -0.2) is 4.79 Å². The molecule has 2 N–H and O–H groups in total. The van der Waals surface area contributed by atoms with Crippen molar-refractivity contribution >= 4 is 23.9 Å². The van der Waals surface area contributed by atoms with Crippen molar-refractivity contribution in [3.63, 3.8) is 0 Å². The van der Waals surface area contributed by atoms with Gasteiger partial charge in [-0.1, -0.05) is 29.8 Å². The molecule has 1 aromatic rings. The molecule has 0 fully saturated rings. The Morgan fingerprint density at radius 3 is 2.23 bits per heavy atom. The monoisotopic (exact) mass is 435 g/mol. The molecule has 9 nitrogen and oxygen atoms in total. The van der Waals surface area contributed by atoms with Crippen LogP contribution in [0.25, 0.3) is 0 Å². The van der Waals surface area contributed by atoms with Gasteiger partial charge in [-0.2, -0.15) is 0 Å². The first-order chi connectivity index (χ1) is 14.4. The van der Waals surface area contributed by atoms with Gasteiger partial charge in [-0.05, 0) is 40.2 Å². The van der Waals surface area contributed by atoms with Gasteiger partial charge in [0.2, 0.25) is 11.8 Å². The van der Waals surface area contributed by atoms with Crippen LogP contribution in [-0.2, 0) is 23.9 Å². The van der Waals surface area contributed by atoms with Crippen molar-refractivity contribution < 1.29 is 28.7 Å². The normalized spacial score (nSPS) is 11.8. The Bertz CT molecular complexity index is 770. The molecule has 0 aliphatic heterocycles. The van der Waals surface area contributed by atoms with Gasteiger partial charge in [0, 0.05) is 13.6 Å². The van der Waals surface area contributed by atoms with Crippen molar-refractivity contribution in [2.24, 2.45) is 0 Å². The van der Waals surface area contributed by atoms with Crippen molar-refractivity contribution in [1.29, 1.82) is 0 Å². The Morgan fingerprint density at radius 1 is 1.06 bits per heavy atom. The summed E-state index contributed by atoms with van der Waals surface area (Å²) in [7, 11) is 1.48. The average Bonchev–Trinajstić information content (AvgIpc) is 2.66. The number of benzene rings is 1. The summed E-state index contributed by atoms with van der Waals surface area (Å²) in [6.45, 7) is 8.79. The Balaban J connectivity index is 2.86. The van der Waals surface area contributed by atoms with Gasteiger partial charge in [-0.3, -0.25) is 14.4 Å². The molecule has 0 saturated heterocycles. The van der Waals surface area contributed by atoms with E-state index < -0.39 is 35.5 Å². The standard InChI is InChI=1S/C22H33N3O6/c1-7-30-18(27)12-13-23-20(28)19(16-10-8-15(2)9-11-16)25(6)17(26)14-24-21(29)31-22(3,4)5/h8-11,19H,7,12-14H2,1-6H3,(H,23,28)(H,24,29). The first kappa shape index (κ1) is 25.9. The maximum Gasteiger partial charge on any atom is 0.408 e. The average molecular weight is 436 g/mol. The van der Waals surface area contributed by atoms with E-state index in [0.717, 1.165) is 5.56 Å². The quantitative estimate of drug-likeness (QED) is 0.574. The molecule has 0 bridgehead atoms. The lowest BCUT2D eigenvalue weighted by molar-refractivity contribution is -0.143. The number of ether oxygens (including phenoxy) is 2. The molecule has 31 heavy (non-hydrogen) atoms. The molecule has 0 aliphatic rings. The van der Waals surface area contributed by atoms with E-state index >= 15 is 0 Å². The molecule has 1 aromatic carbocycles. The number of nitrogens with one attached hydrogen (secondary N) is 2. The summed E-state index contributed by atoms with van der Waals surface area (Å²) in [5.74, 6) is -1.33. The molecule has 1 atom stereocenters. The van der Waals surface area contributed by atoms with Crippen LogP contribution >= 0.6 is 0 Å². The van der Waals surface area contributed by atoms with E-state index in [1.807, 2.05) is 19.1 Å². The summed E-state index contributed by atoms with van der Waals surface area (Å²) < 4.78 is 9.97. The van der Waals surface area contributed by atoms with Gasteiger partial charge in [0.25, 0.3) is 0 Å². The Kier molecular flexibility index (Phi) is 9.98. The van der Waals surface area contributed by atoms with E-state index in [1.54, 1.807) is 39.8 Å². The lowest BCUT2D eigenvalue weighted by Gasteiger charge is -2.28. The Morgan fingerprint density at radius 2 is 1.68 bits per heavy atom. The molecule has 0 aromatic heterocycles. The number of rotatable bonds is 9. The van der Waals surface area contributed by atoms with Crippen LogP contribution in [0.15, 0.2) is 24.3 Å². The van der Waals surface area contributed by atoms with Gasteiger partial charge in [0.15, 0.2) is 0 Å². The second kappa shape index (κ2) is 11.9. The highest BCUT2D eigenvalue weighted by atomic mass is 16.6. The lowest BCUT2D eigenvalue weighted by atomic mass is 10.0. The number of hydrogen-bond donors (Lipinski definition) is 2. The smallest absolute Gasteiger partial charge is 0.408 e. The lowest BCUT2D eigenvalue weighted by Crippen LogP contribution is -2.46. The third kappa shape index (κ3) is 9.50. The summed E-state index contributed by atoms with van der Waals surface area (Å²) in [6.07, 6.45) is -0.696. The number of carbonyl (C=O) groups excluding carboxylic acids is 4. The fourth-order valence-corrected chi connectivity index (χ4v) is 2.65. The van der Waals surface area contributed by atoms with Gasteiger partial charge in [0.05, 0.1) is 13.0 Å². The van der Waals surface area contributed by atoms with Crippen molar-refractivity contribution in [2.45, 2.75) is 52.7 Å². The number of esters is 1. The van der Waals surface area contributed by atoms with Crippen LogP contribution in [0.4, 0.5) is 4.79 Å². The molecule has 0 radical (unpaired) electrons.